The second kappa shape index (κ2) is 12.1. The van der Waals surface area contributed by atoms with Crippen LogP contribution in [0.2, 0.25) is 0 Å². The number of benzene rings is 3. The summed E-state index contributed by atoms with van der Waals surface area (Å²) in [5.74, 6) is 1.92. The van der Waals surface area contributed by atoms with Crippen LogP contribution in [0.4, 0.5) is 0 Å². The summed E-state index contributed by atoms with van der Waals surface area (Å²) < 4.78 is 13.5. The Balaban J connectivity index is 1.63. The summed E-state index contributed by atoms with van der Waals surface area (Å²) in [6.07, 6.45) is 0. The van der Waals surface area contributed by atoms with E-state index in [1.807, 2.05) is 73.0 Å². The molecule has 1 aromatic heterocycles. The molecule has 9 nitrogen and oxygen atoms in total. The molecule has 0 bridgehead atoms. The Kier molecular flexibility index (Phi) is 8.38. The second-order valence-corrected chi connectivity index (χ2v) is 9.18. The summed E-state index contributed by atoms with van der Waals surface area (Å²) in [6, 6.07) is 24.1. The van der Waals surface area contributed by atoms with E-state index in [1.54, 1.807) is 18.2 Å². The van der Waals surface area contributed by atoms with Crippen LogP contribution in [-0.2, 0) is 6.61 Å². The van der Waals surface area contributed by atoms with E-state index in [0.29, 0.717) is 34.5 Å². The molecule has 0 saturated carbocycles. The first-order valence-corrected chi connectivity index (χ1v) is 12.5. The van der Waals surface area contributed by atoms with Crippen molar-refractivity contribution in [3.05, 3.63) is 105 Å². The van der Waals surface area contributed by atoms with Crippen molar-refractivity contribution in [2.75, 3.05) is 13.2 Å². The molecular formula is C27H25N5O4S. The van der Waals surface area contributed by atoms with Gasteiger partial charge in [0, 0.05) is 21.7 Å². The SMILES string of the molecule is CCOc1ccc(-n2c(C)nnc2S[C@H](C[N+](=O)[O-])c2ccccc2OCc2ccccc2C#N)cc1. The molecule has 4 rings (SSSR count). The lowest BCUT2D eigenvalue weighted by atomic mass is 10.1. The van der Waals surface area contributed by atoms with Crippen molar-refractivity contribution in [2.45, 2.75) is 30.9 Å². The van der Waals surface area contributed by atoms with Gasteiger partial charge >= 0.3 is 0 Å². The van der Waals surface area contributed by atoms with Crippen LogP contribution in [0.3, 0.4) is 0 Å². The Hall–Kier alpha value is -4.36. The molecule has 10 heteroatoms. The van der Waals surface area contributed by atoms with Gasteiger partial charge in [-0.3, -0.25) is 14.7 Å². The minimum Gasteiger partial charge on any atom is -0.494 e. The highest BCUT2D eigenvalue weighted by Crippen LogP contribution is 2.40. The molecule has 4 aromatic rings. The standard InChI is InChI=1S/C27H25N5O4S/c1-3-35-23-14-12-22(13-15-23)32-19(2)29-30-27(32)37-26(17-31(33)34)24-10-6-7-11-25(24)36-18-21-9-5-4-8-20(21)16-28/h4-15,26H,3,17-18H2,1-2H3/t26-/m1/s1. The number of ether oxygens (including phenoxy) is 2. The van der Waals surface area contributed by atoms with E-state index in [1.165, 1.54) is 11.8 Å². The van der Waals surface area contributed by atoms with E-state index in [2.05, 4.69) is 16.3 Å². The summed E-state index contributed by atoms with van der Waals surface area (Å²) in [7, 11) is 0. The van der Waals surface area contributed by atoms with E-state index in [0.717, 1.165) is 17.0 Å². The third-order valence-corrected chi connectivity index (χ3v) is 6.71. The average Bonchev–Trinajstić information content (AvgIpc) is 3.27. The van der Waals surface area contributed by atoms with Crippen LogP contribution in [-0.4, -0.2) is 32.8 Å². The summed E-state index contributed by atoms with van der Waals surface area (Å²) in [6.45, 7) is 4.15. The highest BCUT2D eigenvalue weighted by atomic mass is 32.2. The first-order chi connectivity index (χ1) is 18.0. The zero-order chi connectivity index (χ0) is 26.2. The van der Waals surface area contributed by atoms with Gasteiger partial charge in [0.15, 0.2) is 5.16 Å². The number of para-hydroxylation sites is 1. The predicted octanol–water partition coefficient (Wildman–Crippen LogP) is 5.54. The van der Waals surface area contributed by atoms with Crippen LogP contribution in [0.25, 0.3) is 5.69 Å². The van der Waals surface area contributed by atoms with Gasteiger partial charge in [0.05, 0.1) is 18.2 Å². The molecule has 0 radical (unpaired) electrons. The molecule has 0 spiro atoms. The quantitative estimate of drug-likeness (QED) is 0.145. The first kappa shape index (κ1) is 25.7. The smallest absolute Gasteiger partial charge is 0.220 e. The van der Waals surface area contributed by atoms with Crippen molar-refractivity contribution in [1.82, 2.24) is 14.8 Å². The summed E-state index contributed by atoms with van der Waals surface area (Å²) in [5.41, 5.74) is 2.75. The lowest BCUT2D eigenvalue weighted by Gasteiger charge is -2.18. The fourth-order valence-electron chi connectivity index (χ4n) is 3.83. The minimum atomic E-state index is -0.595. The van der Waals surface area contributed by atoms with Gasteiger partial charge in [-0.1, -0.05) is 48.2 Å². The number of rotatable bonds is 11. The van der Waals surface area contributed by atoms with Crippen molar-refractivity contribution in [3.63, 3.8) is 0 Å². The van der Waals surface area contributed by atoms with Gasteiger partial charge in [-0.15, -0.1) is 10.2 Å². The molecule has 1 atom stereocenters. The highest BCUT2D eigenvalue weighted by Gasteiger charge is 2.26. The Morgan fingerprint density at radius 3 is 2.51 bits per heavy atom. The molecule has 37 heavy (non-hydrogen) atoms. The molecule has 0 fully saturated rings. The molecule has 0 amide bonds. The lowest BCUT2D eigenvalue weighted by Crippen LogP contribution is -2.12. The molecule has 3 aromatic carbocycles. The predicted molar refractivity (Wildman–Crippen MR) is 140 cm³/mol. The molecule has 0 unspecified atom stereocenters. The highest BCUT2D eigenvalue weighted by molar-refractivity contribution is 7.99. The number of nitriles is 1. The van der Waals surface area contributed by atoms with E-state index < -0.39 is 5.25 Å². The van der Waals surface area contributed by atoms with Crippen molar-refractivity contribution in [1.29, 1.82) is 5.26 Å². The Labute approximate surface area is 218 Å². The zero-order valence-corrected chi connectivity index (χ0v) is 21.2. The van der Waals surface area contributed by atoms with Crippen molar-refractivity contribution in [3.8, 4) is 23.3 Å². The Morgan fingerprint density at radius 2 is 1.78 bits per heavy atom. The van der Waals surface area contributed by atoms with Crippen molar-refractivity contribution < 1.29 is 14.4 Å². The molecule has 0 aliphatic heterocycles. The number of nitro groups is 1. The summed E-state index contributed by atoms with van der Waals surface area (Å²) >= 11 is 1.25. The van der Waals surface area contributed by atoms with Gasteiger partial charge in [-0.05, 0) is 50.2 Å². The van der Waals surface area contributed by atoms with E-state index in [4.69, 9.17) is 9.47 Å². The molecule has 0 saturated heterocycles. The number of aromatic nitrogens is 3. The fourth-order valence-corrected chi connectivity index (χ4v) is 5.03. The van der Waals surface area contributed by atoms with Crippen LogP contribution in [0.15, 0.2) is 78.0 Å². The maximum atomic E-state index is 11.7. The number of hydrogen-bond acceptors (Lipinski definition) is 8. The van der Waals surface area contributed by atoms with E-state index in [-0.39, 0.29) is 18.1 Å². The van der Waals surface area contributed by atoms with E-state index >= 15 is 0 Å². The molecule has 0 aliphatic carbocycles. The molecule has 188 valence electrons. The van der Waals surface area contributed by atoms with Crippen LogP contribution in [0.1, 0.15) is 34.7 Å². The Bertz CT molecular complexity index is 1420. The fraction of sp³-hybridized carbons (Fsp3) is 0.222. The maximum Gasteiger partial charge on any atom is 0.220 e. The van der Waals surface area contributed by atoms with Gasteiger partial charge in [-0.25, -0.2) is 0 Å². The Morgan fingerprint density at radius 1 is 1.05 bits per heavy atom. The number of nitrogens with zero attached hydrogens (tertiary/aromatic N) is 5. The van der Waals surface area contributed by atoms with Crippen LogP contribution in [0.5, 0.6) is 11.5 Å². The zero-order valence-electron chi connectivity index (χ0n) is 20.4. The summed E-state index contributed by atoms with van der Waals surface area (Å²) in [5, 5.41) is 29.5. The van der Waals surface area contributed by atoms with Crippen LogP contribution < -0.4 is 9.47 Å². The number of aryl methyl sites for hydroxylation is 1. The first-order valence-electron chi connectivity index (χ1n) is 11.6. The van der Waals surface area contributed by atoms with Gasteiger partial charge in [-0.2, -0.15) is 5.26 Å². The average molecular weight is 516 g/mol. The van der Waals surface area contributed by atoms with Crippen molar-refractivity contribution >= 4 is 11.8 Å². The minimum absolute atomic E-state index is 0.165. The van der Waals surface area contributed by atoms with Gasteiger partial charge in [0.2, 0.25) is 6.54 Å². The molecule has 0 aliphatic rings. The number of hydrogen-bond donors (Lipinski definition) is 0. The second-order valence-electron chi connectivity index (χ2n) is 8.01. The van der Waals surface area contributed by atoms with Crippen LogP contribution in [0, 0.1) is 28.4 Å². The largest absolute Gasteiger partial charge is 0.494 e. The third-order valence-electron chi connectivity index (χ3n) is 5.55. The normalized spacial score (nSPS) is 11.5. The van der Waals surface area contributed by atoms with Crippen molar-refractivity contribution in [2.24, 2.45) is 0 Å². The molecule has 1 heterocycles. The maximum absolute atomic E-state index is 11.7. The molecular weight excluding hydrogens is 490 g/mol. The van der Waals surface area contributed by atoms with Gasteiger partial charge < -0.3 is 9.47 Å². The van der Waals surface area contributed by atoms with Crippen LogP contribution >= 0.6 is 11.8 Å². The van der Waals surface area contributed by atoms with Gasteiger partial charge in [0.1, 0.15) is 29.2 Å². The molecule has 0 N–H and O–H groups in total. The lowest BCUT2D eigenvalue weighted by molar-refractivity contribution is -0.479. The van der Waals surface area contributed by atoms with E-state index in [9.17, 15) is 15.4 Å². The monoisotopic (exact) mass is 515 g/mol. The topological polar surface area (TPSA) is 116 Å². The van der Waals surface area contributed by atoms with Gasteiger partial charge in [0.25, 0.3) is 0 Å². The number of thioether (sulfide) groups is 1. The third kappa shape index (κ3) is 6.26. The summed E-state index contributed by atoms with van der Waals surface area (Å²) in [4.78, 5) is 11.3.